The molecule has 0 aliphatic heterocycles. The van der Waals surface area contributed by atoms with Gasteiger partial charge in [-0.3, -0.25) is 4.79 Å². The summed E-state index contributed by atoms with van der Waals surface area (Å²) in [4.78, 5) is 12.9. The van der Waals surface area contributed by atoms with Gasteiger partial charge in [-0.15, -0.1) is 0 Å². The van der Waals surface area contributed by atoms with Crippen LogP contribution in [-0.4, -0.2) is 15.7 Å². The Labute approximate surface area is 153 Å². The maximum Gasteiger partial charge on any atom is 0.229 e. The molecule has 0 unspecified atom stereocenters. The molecule has 0 saturated heterocycles. The number of aromatic nitrogens is 2. The van der Waals surface area contributed by atoms with Crippen LogP contribution in [0.4, 0.5) is 10.2 Å². The molecular weight excluding hydrogens is 329 g/mol. The molecule has 2 aliphatic rings. The van der Waals surface area contributed by atoms with Gasteiger partial charge in [-0.2, -0.15) is 5.10 Å². The van der Waals surface area contributed by atoms with Crippen LogP contribution < -0.4 is 5.32 Å². The van der Waals surface area contributed by atoms with Crippen molar-refractivity contribution in [2.75, 3.05) is 5.32 Å². The van der Waals surface area contributed by atoms with Crippen molar-refractivity contribution in [3.05, 3.63) is 54.0 Å². The summed E-state index contributed by atoms with van der Waals surface area (Å²) in [6.45, 7) is 6.24. The van der Waals surface area contributed by atoms with Crippen LogP contribution in [0.5, 0.6) is 0 Å². The van der Waals surface area contributed by atoms with E-state index in [1.54, 1.807) is 16.8 Å². The molecule has 1 saturated carbocycles. The number of carbonyl (C=O) groups excluding carboxylic acids is 1. The Morgan fingerprint density at radius 1 is 1.19 bits per heavy atom. The minimum absolute atomic E-state index is 0.0275. The fraction of sp³-hybridized carbons (Fsp3) is 0.429. The fourth-order valence-corrected chi connectivity index (χ4v) is 3.92. The molecule has 4 rings (SSSR count). The van der Waals surface area contributed by atoms with Crippen molar-refractivity contribution in [3.63, 3.8) is 0 Å². The predicted molar refractivity (Wildman–Crippen MR) is 99.7 cm³/mol. The number of anilines is 1. The number of fused-ring (bicyclic) bond motifs is 2. The van der Waals surface area contributed by atoms with E-state index in [4.69, 9.17) is 0 Å². The Bertz CT molecular complexity index is 860. The van der Waals surface area contributed by atoms with Crippen molar-refractivity contribution in [1.82, 2.24) is 9.78 Å². The topological polar surface area (TPSA) is 46.9 Å². The Morgan fingerprint density at radius 3 is 2.50 bits per heavy atom. The molecule has 1 fully saturated rings. The number of halogens is 1. The van der Waals surface area contributed by atoms with Crippen molar-refractivity contribution in [2.45, 2.75) is 39.0 Å². The Balaban J connectivity index is 1.65. The fourth-order valence-electron chi connectivity index (χ4n) is 3.92. The van der Waals surface area contributed by atoms with Crippen molar-refractivity contribution in [1.29, 1.82) is 0 Å². The Kier molecular flexibility index (Phi) is 3.98. The number of benzene rings is 1. The molecule has 1 amide bonds. The minimum Gasteiger partial charge on any atom is -0.310 e. The minimum atomic E-state index is -0.295. The van der Waals surface area contributed by atoms with Gasteiger partial charge in [0.25, 0.3) is 0 Å². The molecule has 2 bridgehead atoms. The van der Waals surface area contributed by atoms with Gasteiger partial charge in [-0.1, -0.05) is 32.9 Å². The zero-order chi connectivity index (χ0) is 18.5. The summed E-state index contributed by atoms with van der Waals surface area (Å²) in [5.74, 6) is 1.31. The summed E-state index contributed by atoms with van der Waals surface area (Å²) in [5.41, 5.74) is 1.45. The van der Waals surface area contributed by atoms with Crippen molar-refractivity contribution in [3.8, 4) is 5.69 Å². The first-order chi connectivity index (χ1) is 12.3. The molecule has 4 nitrogen and oxygen atoms in total. The van der Waals surface area contributed by atoms with Crippen LogP contribution in [0.1, 0.15) is 39.3 Å². The van der Waals surface area contributed by atoms with Crippen LogP contribution in [0, 0.1) is 23.6 Å². The van der Waals surface area contributed by atoms with Crippen molar-refractivity contribution >= 4 is 11.7 Å². The number of nitrogens with one attached hydrogen (secondary N) is 1. The zero-order valence-corrected chi connectivity index (χ0v) is 15.4. The average Bonchev–Trinajstić information content (AvgIpc) is 3.30. The number of amides is 1. The van der Waals surface area contributed by atoms with E-state index in [1.807, 2.05) is 6.07 Å². The van der Waals surface area contributed by atoms with Gasteiger partial charge in [0.15, 0.2) is 0 Å². The van der Waals surface area contributed by atoms with E-state index in [2.05, 4.69) is 43.3 Å². The third-order valence-electron chi connectivity index (χ3n) is 5.42. The van der Waals surface area contributed by atoms with Gasteiger partial charge >= 0.3 is 0 Å². The number of rotatable bonds is 3. The van der Waals surface area contributed by atoms with E-state index >= 15 is 0 Å². The number of allylic oxidation sites excluding steroid dienone is 2. The van der Waals surface area contributed by atoms with E-state index in [0.29, 0.717) is 17.7 Å². The highest BCUT2D eigenvalue weighted by molar-refractivity contribution is 5.93. The Morgan fingerprint density at radius 2 is 1.92 bits per heavy atom. The average molecular weight is 353 g/mol. The highest BCUT2D eigenvalue weighted by atomic mass is 19.1. The Hall–Kier alpha value is -2.43. The number of hydrogen-bond acceptors (Lipinski definition) is 2. The highest BCUT2D eigenvalue weighted by Gasteiger charge is 2.40. The largest absolute Gasteiger partial charge is 0.310 e. The molecule has 1 N–H and O–H groups in total. The first-order valence-electron chi connectivity index (χ1n) is 9.17. The third kappa shape index (κ3) is 3.06. The molecule has 1 aromatic carbocycles. The lowest BCUT2D eigenvalue weighted by Gasteiger charge is -2.18. The predicted octanol–water partition coefficient (Wildman–Crippen LogP) is 4.46. The van der Waals surface area contributed by atoms with E-state index < -0.39 is 0 Å². The normalized spacial score (nSPS) is 24.2. The van der Waals surface area contributed by atoms with E-state index in [0.717, 1.165) is 24.2 Å². The van der Waals surface area contributed by atoms with Crippen molar-refractivity contribution < 1.29 is 9.18 Å². The van der Waals surface area contributed by atoms with Crippen molar-refractivity contribution in [2.24, 2.45) is 17.8 Å². The lowest BCUT2D eigenvalue weighted by Crippen LogP contribution is -2.27. The van der Waals surface area contributed by atoms with E-state index in [9.17, 15) is 9.18 Å². The highest BCUT2D eigenvalue weighted by Crippen LogP contribution is 2.44. The lowest BCUT2D eigenvalue weighted by atomic mass is 9.92. The van der Waals surface area contributed by atoms with Gasteiger partial charge < -0.3 is 5.32 Å². The quantitative estimate of drug-likeness (QED) is 0.828. The monoisotopic (exact) mass is 353 g/mol. The summed E-state index contributed by atoms with van der Waals surface area (Å²) in [6, 6.07) is 8.07. The molecule has 26 heavy (non-hydrogen) atoms. The molecule has 2 aromatic rings. The zero-order valence-electron chi connectivity index (χ0n) is 15.4. The molecule has 0 spiro atoms. The van der Waals surface area contributed by atoms with Crippen LogP contribution in [0.2, 0.25) is 0 Å². The van der Waals surface area contributed by atoms with Gasteiger partial charge in [-0.05, 0) is 48.9 Å². The SMILES string of the molecule is CC(C)(C)c1cc(NC(=O)[C@@H]2C[C@H]3C=C[C@H]2C3)n(-c2ccc(F)cc2)n1. The molecule has 3 atom stereocenters. The van der Waals surface area contributed by atoms with Crippen LogP contribution in [-0.2, 0) is 10.2 Å². The summed E-state index contributed by atoms with van der Waals surface area (Å²) in [6.07, 6.45) is 6.41. The third-order valence-corrected chi connectivity index (χ3v) is 5.42. The number of hydrogen-bond donors (Lipinski definition) is 1. The van der Waals surface area contributed by atoms with Crippen LogP contribution in [0.15, 0.2) is 42.5 Å². The number of carbonyl (C=O) groups is 1. The first kappa shape index (κ1) is 17.0. The molecule has 0 radical (unpaired) electrons. The van der Waals surface area contributed by atoms with Gasteiger partial charge in [0.05, 0.1) is 11.4 Å². The summed E-state index contributed by atoms with van der Waals surface area (Å²) in [5, 5.41) is 7.75. The first-order valence-corrected chi connectivity index (χ1v) is 9.17. The maximum atomic E-state index is 13.3. The molecule has 136 valence electrons. The van der Waals surface area contributed by atoms with Gasteiger partial charge in [-0.25, -0.2) is 9.07 Å². The molecular formula is C21H24FN3O. The molecule has 5 heteroatoms. The van der Waals surface area contributed by atoms with E-state index in [1.165, 1.54) is 12.1 Å². The second-order valence-electron chi connectivity index (χ2n) is 8.43. The maximum absolute atomic E-state index is 13.3. The van der Waals surface area contributed by atoms with Gasteiger partial charge in [0.2, 0.25) is 5.91 Å². The molecule has 1 heterocycles. The van der Waals surface area contributed by atoms with Gasteiger partial charge in [0, 0.05) is 17.4 Å². The van der Waals surface area contributed by atoms with E-state index in [-0.39, 0.29) is 23.1 Å². The van der Waals surface area contributed by atoms with Crippen LogP contribution in [0.3, 0.4) is 0 Å². The summed E-state index contributed by atoms with van der Waals surface area (Å²) >= 11 is 0. The summed E-state index contributed by atoms with van der Waals surface area (Å²) in [7, 11) is 0. The van der Waals surface area contributed by atoms with Gasteiger partial charge in [0.1, 0.15) is 11.6 Å². The van der Waals surface area contributed by atoms with Crippen LogP contribution >= 0.6 is 0 Å². The van der Waals surface area contributed by atoms with Crippen LogP contribution in [0.25, 0.3) is 5.69 Å². The second kappa shape index (κ2) is 6.08. The lowest BCUT2D eigenvalue weighted by molar-refractivity contribution is -0.120. The smallest absolute Gasteiger partial charge is 0.229 e. The number of nitrogens with zero attached hydrogens (tertiary/aromatic N) is 2. The second-order valence-corrected chi connectivity index (χ2v) is 8.43. The summed E-state index contributed by atoms with van der Waals surface area (Å²) < 4.78 is 15.0. The standard InChI is InChI=1S/C21H24FN3O/c1-21(2,3)18-12-19(25(24-18)16-8-6-15(22)7-9-16)23-20(26)17-11-13-4-5-14(17)10-13/h4-9,12-14,17H,10-11H2,1-3H3,(H,23,26)/t13-,14-,17+/m0/s1. The molecule has 2 aliphatic carbocycles. The molecule has 1 aromatic heterocycles.